The highest BCUT2D eigenvalue weighted by Gasteiger charge is 2.51. The monoisotopic (exact) mass is 396 g/mol. The molecule has 0 aliphatic carbocycles. The van der Waals surface area contributed by atoms with Gasteiger partial charge in [0.15, 0.2) is 24.6 Å². The minimum absolute atomic E-state index is 0.0611. The number of hydrogen-bond acceptors (Lipinski definition) is 9. The summed E-state index contributed by atoms with van der Waals surface area (Å²) in [6.45, 7) is 3.66. The Morgan fingerprint density at radius 1 is 0.893 bits per heavy atom. The van der Waals surface area contributed by atoms with Crippen molar-refractivity contribution in [2.24, 2.45) is 0 Å². The van der Waals surface area contributed by atoms with Crippen LogP contribution in [0.4, 0.5) is 0 Å². The summed E-state index contributed by atoms with van der Waals surface area (Å²) in [6.07, 6.45) is -6.27. The first kappa shape index (κ1) is 21.8. The topological polar surface area (TPSA) is 118 Å². The van der Waals surface area contributed by atoms with E-state index in [1.807, 2.05) is 30.3 Å². The molecule has 0 saturated carbocycles. The normalized spacial score (nSPS) is 26.9. The average molecular weight is 396 g/mol. The van der Waals surface area contributed by atoms with Crippen molar-refractivity contribution in [2.45, 2.75) is 58.1 Å². The number of benzene rings is 1. The van der Waals surface area contributed by atoms with E-state index in [4.69, 9.17) is 23.7 Å². The van der Waals surface area contributed by atoms with Crippen molar-refractivity contribution in [1.29, 1.82) is 0 Å². The molecule has 0 unspecified atom stereocenters. The number of carbonyl (C=O) groups is 3. The quantitative estimate of drug-likeness (QED) is 0.525. The van der Waals surface area contributed by atoms with Crippen molar-refractivity contribution in [1.82, 2.24) is 0 Å². The fourth-order valence-electron chi connectivity index (χ4n) is 2.87. The SMILES string of the molecule is CC(=O)O[C@@H]1[C@@H](OC(C)=O)[C@@H](O)O[C@H](COCc2ccccc2)[C@H]1OC(C)=O. The highest BCUT2D eigenvalue weighted by molar-refractivity contribution is 5.68. The summed E-state index contributed by atoms with van der Waals surface area (Å²) in [4.78, 5) is 34.5. The molecule has 0 aromatic heterocycles. The predicted octanol–water partition coefficient (Wildman–Crippen LogP) is 0.715. The Kier molecular flexibility index (Phi) is 7.91. The van der Waals surface area contributed by atoms with Gasteiger partial charge >= 0.3 is 17.9 Å². The van der Waals surface area contributed by atoms with Crippen LogP contribution < -0.4 is 0 Å². The molecule has 1 aromatic rings. The Labute approximate surface area is 162 Å². The van der Waals surface area contributed by atoms with Crippen molar-refractivity contribution in [2.75, 3.05) is 6.61 Å². The number of rotatable bonds is 7. The van der Waals surface area contributed by atoms with Crippen molar-refractivity contribution >= 4 is 17.9 Å². The van der Waals surface area contributed by atoms with Gasteiger partial charge in [0.25, 0.3) is 0 Å². The molecule has 9 nitrogen and oxygen atoms in total. The van der Waals surface area contributed by atoms with E-state index >= 15 is 0 Å². The standard InChI is InChI=1S/C19H24O9/c1-11(20)25-16-15(10-24-9-14-7-5-4-6-8-14)28-19(23)18(27-13(3)22)17(16)26-12(2)21/h4-8,15-19,23H,9-10H2,1-3H3/t15-,16-,17+,18-,19+/m1/s1. The third-order valence-corrected chi connectivity index (χ3v) is 3.91. The molecule has 1 aliphatic heterocycles. The summed E-state index contributed by atoms with van der Waals surface area (Å²) in [5, 5.41) is 10.3. The molecule has 2 rings (SSSR count). The Morgan fingerprint density at radius 2 is 1.43 bits per heavy atom. The van der Waals surface area contributed by atoms with E-state index in [0.29, 0.717) is 0 Å². The van der Waals surface area contributed by atoms with E-state index in [2.05, 4.69) is 0 Å². The van der Waals surface area contributed by atoms with Crippen LogP contribution in [-0.2, 0) is 44.7 Å². The molecule has 0 spiro atoms. The number of esters is 3. The molecule has 0 bridgehead atoms. The Hall–Kier alpha value is -2.49. The van der Waals surface area contributed by atoms with Crippen molar-refractivity contribution < 1.29 is 43.2 Å². The third-order valence-electron chi connectivity index (χ3n) is 3.91. The number of hydrogen-bond donors (Lipinski definition) is 1. The molecule has 0 amide bonds. The zero-order valence-corrected chi connectivity index (χ0v) is 15.9. The zero-order chi connectivity index (χ0) is 20.7. The maximum absolute atomic E-state index is 11.6. The van der Waals surface area contributed by atoms with Crippen LogP contribution in [0.5, 0.6) is 0 Å². The summed E-state index contributed by atoms with van der Waals surface area (Å²) < 4.78 is 26.5. The highest BCUT2D eigenvalue weighted by Crippen LogP contribution is 2.28. The molecule has 1 fully saturated rings. The Bertz CT molecular complexity index is 675. The van der Waals surface area contributed by atoms with Gasteiger partial charge in [-0.2, -0.15) is 0 Å². The maximum atomic E-state index is 11.6. The summed E-state index contributed by atoms with van der Waals surface area (Å²) >= 11 is 0. The summed E-state index contributed by atoms with van der Waals surface area (Å²) in [5.74, 6) is -2.07. The van der Waals surface area contributed by atoms with Gasteiger partial charge in [0.2, 0.25) is 0 Å². The van der Waals surface area contributed by atoms with Crippen molar-refractivity contribution in [3.63, 3.8) is 0 Å². The zero-order valence-electron chi connectivity index (χ0n) is 15.9. The number of aliphatic hydroxyl groups excluding tert-OH is 1. The van der Waals surface area contributed by atoms with Gasteiger partial charge in [0, 0.05) is 20.8 Å². The van der Waals surface area contributed by atoms with Crippen LogP contribution in [0.3, 0.4) is 0 Å². The Morgan fingerprint density at radius 3 is 2.00 bits per heavy atom. The molecule has 1 aliphatic rings. The second-order valence-corrected chi connectivity index (χ2v) is 6.29. The van der Waals surface area contributed by atoms with E-state index < -0.39 is 48.6 Å². The van der Waals surface area contributed by atoms with Crippen LogP contribution in [0.2, 0.25) is 0 Å². The van der Waals surface area contributed by atoms with E-state index in [0.717, 1.165) is 19.4 Å². The van der Waals surface area contributed by atoms with E-state index in [1.54, 1.807) is 0 Å². The number of carbonyl (C=O) groups excluding carboxylic acids is 3. The molecular weight excluding hydrogens is 372 g/mol. The Balaban J connectivity index is 2.16. The van der Waals surface area contributed by atoms with Crippen LogP contribution in [0.25, 0.3) is 0 Å². The summed E-state index contributed by atoms with van der Waals surface area (Å²) in [5.41, 5.74) is 0.914. The first-order valence-corrected chi connectivity index (χ1v) is 8.74. The van der Waals surface area contributed by atoms with Gasteiger partial charge in [-0.3, -0.25) is 14.4 Å². The van der Waals surface area contributed by atoms with Gasteiger partial charge in [-0.25, -0.2) is 0 Å². The molecule has 9 heteroatoms. The fourth-order valence-corrected chi connectivity index (χ4v) is 2.87. The van der Waals surface area contributed by atoms with Gasteiger partial charge < -0.3 is 28.8 Å². The molecule has 5 atom stereocenters. The van der Waals surface area contributed by atoms with Crippen LogP contribution >= 0.6 is 0 Å². The first-order valence-electron chi connectivity index (χ1n) is 8.74. The fraction of sp³-hybridized carbons (Fsp3) is 0.526. The molecule has 1 aromatic carbocycles. The third kappa shape index (κ3) is 6.29. The average Bonchev–Trinajstić information content (AvgIpc) is 2.61. The second kappa shape index (κ2) is 10.2. The van der Waals surface area contributed by atoms with Crippen molar-refractivity contribution in [3.05, 3.63) is 35.9 Å². The van der Waals surface area contributed by atoms with Gasteiger partial charge in [-0.15, -0.1) is 0 Å². The lowest BCUT2D eigenvalue weighted by molar-refractivity contribution is -0.297. The molecule has 0 radical (unpaired) electrons. The lowest BCUT2D eigenvalue weighted by Crippen LogP contribution is -2.62. The molecule has 154 valence electrons. The van der Waals surface area contributed by atoms with E-state index in [-0.39, 0.29) is 13.2 Å². The number of ether oxygens (including phenoxy) is 5. The lowest BCUT2D eigenvalue weighted by atomic mass is 9.98. The smallest absolute Gasteiger partial charge is 0.303 e. The van der Waals surface area contributed by atoms with Crippen LogP contribution in [0.15, 0.2) is 30.3 Å². The van der Waals surface area contributed by atoms with Gasteiger partial charge in [-0.1, -0.05) is 30.3 Å². The van der Waals surface area contributed by atoms with E-state index in [9.17, 15) is 19.5 Å². The maximum Gasteiger partial charge on any atom is 0.303 e. The number of aliphatic hydroxyl groups is 1. The van der Waals surface area contributed by atoms with Gasteiger partial charge in [0.1, 0.15) is 6.10 Å². The molecule has 1 heterocycles. The van der Waals surface area contributed by atoms with Crippen LogP contribution in [0.1, 0.15) is 26.3 Å². The molecule has 1 saturated heterocycles. The minimum Gasteiger partial charge on any atom is -0.456 e. The predicted molar refractivity (Wildman–Crippen MR) is 93.6 cm³/mol. The minimum atomic E-state index is -1.59. The first-order chi connectivity index (χ1) is 13.3. The molecule has 1 N–H and O–H groups in total. The van der Waals surface area contributed by atoms with Crippen molar-refractivity contribution in [3.8, 4) is 0 Å². The van der Waals surface area contributed by atoms with E-state index in [1.165, 1.54) is 6.92 Å². The van der Waals surface area contributed by atoms with Crippen LogP contribution in [0, 0.1) is 0 Å². The summed E-state index contributed by atoms with van der Waals surface area (Å²) in [6, 6.07) is 9.35. The van der Waals surface area contributed by atoms with Crippen LogP contribution in [-0.4, -0.2) is 60.3 Å². The largest absolute Gasteiger partial charge is 0.456 e. The van der Waals surface area contributed by atoms with Gasteiger partial charge in [0.05, 0.1) is 13.2 Å². The van der Waals surface area contributed by atoms with Gasteiger partial charge in [-0.05, 0) is 5.56 Å². The molecular formula is C19H24O9. The highest BCUT2D eigenvalue weighted by atomic mass is 16.7. The summed E-state index contributed by atoms with van der Waals surface area (Å²) in [7, 11) is 0. The molecule has 28 heavy (non-hydrogen) atoms. The lowest BCUT2D eigenvalue weighted by Gasteiger charge is -2.42. The second-order valence-electron chi connectivity index (χ2n) is 6.29.